The molecule has 1 aliphatic rings. The van der Waals surface area contributed by atoms with E-state index in [-0.39, 0.29) is 17.5 Å². The van der Waals surface area contributed by atoms with Crippen LogP contribution in [0.5, 0.6) is 0 Å². The van der Waals surface area contributed by atoms with Crippen molar-refractivity contribution in [1.29, 1.82) is 0 Å². The first kappa shape index (κ1) is 14.3. The predicted molar refractivity (Wildman–Crippen MR) is 83.7 cm³/mol. The maximum absolute atomic E-state index is 12.5. The van der Waals surface area contributed by atoms with Gasteiger partial charge in [-0.1, -0.05) is 13.3 Å². The van der Waals surface area contributed by atoms with E-state index < -0.39 is 0 Å². The van der Waals surface area contributed by atoms with Crippen LogP contribution in [0.3, 0.4) is 0 Å². The number of hydrogen-bond donors (Lipinski definition) is 0. The summed E-state index contributed by atoms with van der Waals surface area (Å²) in [6.07, 6.45) is 5.05. The molecule has 0 radical (unpaired) electrons. The van der Waals surface area contributed by atoms with Crippen LogP contribution in [0.2, 0.25) is 0 Å². The van der Waals surface area contributed by atoms with Crippen molar-refractivity contribution in [3.8, 4) is 0 Å². The third-order valence-corrected chi connectivity index (χ3v) is 5.21. The number of aromatic nitrogens is 2. The largest absolute Gasteiger partial charge is 0.341 e. The van der Waals surface area contributed by atoms with E-state index in [0.29, 0.717) is 18.4 Å². The van der Waals surface area contributed by atoms with Crippen molar-refractivity contribution in [2.75, 3.05) is 7.05 Å². The molecule has 1 fully saturated rings. The van der Waals surface area contributed by atoms with Gasteiger partial charge >= 0.3 is 0 Å². The number of carbonyl (C=O) groups is 1. The summed E-state index contributed by atoms with van der Waals surface area (Å²) in [7, 11) is 1.81. The molecule has 6 heteroatoms. The van der Waals surface area contributed by atoms with E-state index in [1.165, 1.54) is 4.88 Å². The lowest BCUT2D eigenvalue weighted by Gasteiger charge is -2.20. The number of nitrogens with zero attached hydrogens (tertiary/aromatic N) is 3. The highest BCUT2D eigenvalue weighted by Crippen LogP contribution is 2.22. The van der Waals surface area contributed by atoms with E-state index in [0.717, 1.165) is 24.1 Å². The van der Waals surface area contributed by atoms with Gasteiger partial charge in [-0.25, -0.2) is 4.98 Å². The summed E-state index contributed by atoms with van der Waals surface area (Å²) in [5.41, 5.74) is 0.00588. The summed E-state index contributed by atoms with van der Waals surface area (Å²) in [5.74, 6) is 0.155. The Hall–Kier alpha value is -1.69. The van der Waals surface area contributed by atoms with Crippen LogP contribution in [-0.2, 0) is 17.8 Å². The van der Waals surface area contributed by atoms with E-state index in [9.17, 15) is 9.59 Å². The molecule has 5 nitrogen and oxygen atoms in total. The van der Waals surface area contributed by atoms with Crippen molar-refractivity contribution in [2.45, 2.75) is 45.2 Å². The summed E-state index contributed by atoms with van der Waals surface area (Å²) in [4.78, 5) is 32.3. The topological polar surface area (TPSA) is 55.2 Å². The number of hydrogen-bond acceptors (Lipinski definition) is 4. The van der Waals surface area contributed by atoms with Gasteiger partial charge < -0.3 is 4.90 Å². The number of likely N-dealkylation sites (tertiary alicyclic amines) is 1. The molecule has 0 aromatic carbocycles. The second kappa shape index (κ2) is 5.60. The monoisotopic (exact) mass is 305 g/mol. The van der Waals surface area contributed by atoms with Crippen LogP contribution in [0, 0.1) is 0 Å². The molecule has 3 heterocycles. The predicted octanol–water partition coefficient (Wildman–Crippen LogP) is 2.03. The fourth-order valence-corrected chi connectivity index (χ4v) is 3.90. The fourth-order valence-electron chi connectivity index (χ4n) is 2.81. The lowest BCUT2D eigenvalue weighted by Crippen LogP contribution is -2.35. The van der Waals surface area contributed by atoms with Gasteiger partial charge in [-0.2, -0.15) is 0 Å². The second-order valence-corrected chi connectivity index (χ2v) is 6.70. The molecule has 0 aliphatic carbocycles. The first-order chi connectivity index (χ1) is 10.1. The van der Waals surface area contributed by atoms with Crippen LogP contribution in [-0.4, -0.2) is 33.4 Å². The number of fused-ring (bicyclic) bond motifs is 1. The molecule has 0 bridgehead atoms. The van der Waals surface area contributed by atoms with Gasteiger partial charge in [-0.3, -0.25) is 14.2 Å². The molecule has 1 aliphatic heterocycles. The molecule has 112 valence electrons. The molecular formula is C15H19N3O2S. The molecule has 1 atom stereocenters. The third kappa shape index (κ3) is 2.60. The highest BCUT2D eigenvalue weighted by Gasteiger charge is 2.28. The zero-order chi connectivity index (χ0) is 15.0. The Morgan fingerprint density at radius 2 is 2.24 bits per heavy atom. The minimum Gasteiger partial charge on any atom is -0.341 e. The van der Waals surface area contributed by atoms with E-state index >= 15 is 0 Å². The minimum absolute atomic E-state index is 0.00588. The van der Waals surface area contributed by atoms with Crippen molar-refractivity contribution in [2.24, 2.45) is 0 Å². The highest BCUT2D eigenvalue weighted by atomic mass is 32.1. The average Bonchev–Trinajstić information content (AvgIpc) is 3.01. The Bertz CT molecular complexity index is 734. The number of carbonyl (C=O) groups excluding carboxylic acids is 1. The maximum Gasteiger partial charge on any atom is 0.262 e. The highest BCUT2D eigenvalue weighted by molar-refractivity contribution is 7.18. The van der Waals surface area contributed by atoms with Crippen LogP contribution < -0.4 is 5.56 Å². The van der Waals surface area contributed by atoms with Crippen molar-refractivity contribution in [1.82, 2.24) is 14.5 Å². The van der Waals surface area contributed by atoms with Crippen LogP contribution in [0.4, 0.5) is 0 Å². The zero-order valence-corrected chi connectivity index (χ0v) is 13.2. The molecule has 3 rings (SSSR count). The summed E-state index contributed by atoms with van der Waals surface area (Å²) < 4.78 is 1.64. The second-order valence-electron chi connectivity index (χ2n) is 5.58. The Balaban J connectivity index is 1.91. The van der Waals surface area contributed by atoms with Gasteiger partial charge in [0.25, 0.3) is 5.56 Å². The molecule has 1 amide bonds. The number of amides is 1. The van der Waals surface area contributed by atoms with E-state index in [4.69, 9.17) is 0 Å². The van der Waals surface area contributed by atoms with E-state index in [1.807, 2.05) is 6.07 Å². The van der Waals surface area contributed by atoms with Gasteiger partial charge in [-0.15, -0.1) is 11.3 Å². The van der Waals surface area contributed by atoms with Crippen molar-refractivity contribution >= 4 is 27.5 Å². The van der Waals surface area contributed by atoms with Gasteiger partial charge in [0.05, 0.1) is 11.7 Å². The molecule has 2 aromatic rings. The molecular weight excluding hydrogens is 286 g/mol. The summed E-state index contributed by atoms with van der Waals surface area (Å²) in [5, 5.41) is 0.706. The third-order valence-electron chi connectivity index (χ3n) is 4.11. The normalized spacial score (nSPS) is 18.9. The molecule has 1 saturated heterocycles. The Labute approximate surface area is 127 Å². The number of rotatable bonds is 4. The van der Waals surface area contributed by atoms with Gasteiger partial charge in [0.1, 0.15) is 4.83 Å². The Morgan fingerprint density at radius 3 is 2.90 bits per heavy atom. The summed E-state index contributed by atoms with van der Waals surface area (Å²) >= 11 is 1.60. The summed E-state index contributed by atoms with van der Waals surface area (Å²) in [6.45, 7) is 2.66. The van der Waals surface area contributed by atoms with Gasteiger partial charge in [-0.05, 0) is 18.9 Å². The number of likely N-dealkylation sites (N-methyl/N-ethyl adjacent to an activating group) is 1. The van der Waals surface area contributed by atoms with Crippen LogP contribution in [0.25, 0.3) is 10.2 Å². The Kier molecular flexibility index (Phi) is 3.80. The molecule has 0 N–H and O–H groups in total. The van der Waals surface area contributed by atoms with Crippen LogP contribution in [0.1, 0.15) is 31.1 Å². The van der Waals surface area contributed by atoms with Gasteiger partial charge in [0.15, 0.2) is 0 Å². The van der Waals surface area contributed by atoms with Crippen molar-refractivity contribution in [3.05, 3.63) is 27.6 Å². The average molecular weight is 305 g/mol. The molecule has 0 unspecified atom stereocenters. The van der Waals surface area contributed by atoms with Crippen LogP contribution >= 0.6 is 11.3 Å². The Morgan fingerprint density at radius 1 is 1.43 bits per heavy atom. The molecule has 0 spiro atoms. The lowest BCUT2D eigenvalue weighted by molar-refractivity contribution is -0.127. The fraction of sp³-hybridized carbons (Fsp3) is 0.533. The smallest absolute Gasteiger partial charge is 0.262 e. The quantitative estimate of drug-likeness (QED) is 0.868. The van der Waals surface area contributed by atoms with Crippen molar-refractivity contribution in [3.63, 3.8) is 0 Å². The van der Waals surface area contributed by atoms with Gasteiger partial charge in [0, 0.05) is 30.9 Å². The summed E-state index contributed by atoms with van der Waals surface area (Å²) in [6, 6.07) is 2.07. The number of aryl methyl sites for hydroxylation is 1. The molecule has 2 aromatic heterocycles. The first-order valence-corrected chi connectivity index (χ1v) is 8.15. The molecule has 21 heavy (non-hydrogen) atoms. The first-order valence-electron chi connectivity index (χ1n) is 7.33. The van der Waals surface area contributed by atoms with Crippen LogP contribution in [0.15, 0.2) is 17.2 Å². The molecule has 0 saturated carbocycles. The SMILES string of the molecule is CCCc1cc2c(=O)n(C[C@@H]3CCC(=O)N3C)cnc2s1. The van der Waals surface area contributed by atoms with E-state index in [1.54, 1.807) is 34.2 Å². The van der Waals surface area contributed by atoms with E-state index in [2.05, 4.69) is 11.9 Å². The van der Waals surface area contributed by atoms with Gasteiger partial charge in [0.2, 0.25) is 5.91 Å². The minimum atomic E-state index is 0.00588. The zero-order valence-electron chi connectivity index (χ0n) is 12.3. The lowest BCUT2D eigenvalue weighted by atomic mass is 10.2. The van der Waals surface area contributed by atoms with Crippen molar-refractivity contribution < 1.29 is 4.79 Å². The standard InChI is InChI=1S/C15H19N3O2S/c1-3-4-11-7-12-14(21-11)16-9-18(15(12)20)8-10-5-6-13(19)17(10)2/h7,9-10H,3-6,8H2,1-2H3/t10-/m0/s1. The maximum atomic E-state index is 12.5. The number of thiophene rings is 1.